The number of carbonyl (C=O) groups is 4. The molecule has 12 N–H and O–H groups in total. The highest BCUT2D eigenvalue weighted by atomic mass is 35.5. The predicted octanol–water partition coefficient (Wildman–Crippen LogP) is 25.0. The Morgan fingerprint density at radius 1 is 0.278 bits per heavy atom. The largest absolute Gasteiger partial charge is 0.478 e. The highest BCUT2D eigenvalue weighted by Gasteiger charge is 2.33. The summed E-state index contributed by atoms with van der Waals surface area (Å²) in [7, 11) is 2.00. The van der Waals surface area contributed by atoms with Crippen molar-refractivity contribution in [1.82, 2.24) is 25.8 Å². The number of hydrogen-bond donors (Lipinski definition) is 9. The standard InChI is InChI=1S/C33H32F2N2O.2C26H26F2N2O.C19H12F2O2.C14H22N2.2CH4O.ClH/c1-2-23-16-32(37(21-23)22-24-6-4-3-5-7-24)20-36-33(38)29-18-27(25-8-12-30(34)13-9-25)17-28(19-29)26-10-14-31(35)15-11-26;2*27-24-7-3-19(4-8-24)21-12-22(20-5-9-25(28)10-6-20)14-23(13-21)26(31)30-16-18-2-1-17(11-18)15-29;20-17-5-1-12(2-6-17)14-9-15(11-16(10-14)19(22)23)13-3-7-18(21)8-4-13;1-2-12-8-14(9-15)16(10-12)11-13-6-4-3-5-7-13;2*1-2;/h3-15,17-19,23,32H,2,16,20-22H2,1H3,(H,36,38);2*3-10,12-14,17-18H,1-2,11,15-16,29H2,(H,30,31);1-11H,(H,22,23);3-7,12,14H,2,8-11,15H2,1H3;2*2H,1H3;1H/t23-,32-;2*17-,18+;;12-,14-;;;/m011.0.../s1. The van der Waals surface area contributed by atoms with Gasteiger partial charge >= 0.3 is 5.97 Å². The van der Waals surface area contributed by atoms with E-state index in [1.165, 1.54) is 140 Å². The van der Waals surface area contributed by atoms with Crippen LogP contribution in [0.5, 0.6) is 0 Å². The van der Waals surface area contributed by atoms with Gasteiger partial charge in [-0.15, -0.1) is 12.4 Å². The van der Waals surface area contributed by atoms with Gasteiger partial charge in [0.05, 0.1) is 5.56 Å². The lowest BCUT2D eigenvalue weighted by Gasteiger charge is -2.25. The van der Waals surface area contributed by atoms with E-state index in [1.807, 2.05) is 60.7 Å². The van der Waals surface area contributed by atoms with Crippen LogP contribution in [0.3, 0.4) is 0 Å². The number of likely N-dealkylation sites (tertiary alicyclic amines) is 2. The molecule has 144 heavy (non-hydrogen) atoms. The van der Waals surface area contributed by atoms with Gasteiger partial charge in [0.25, 0.3) is 17.7 Å². The van der Waals surface area contributed by atoms with Crippen LogP contribution < -0.4 is 33.2 Å². The molecule has 14 aromatic carbocycles. The lowest BCUT2D eigenvalue weighted by atomic mass is 9.95. The van der Waals surface area contributed by atoms with Crippen molar-refractivity contribution in [3.8, 4) is 89.0 Å². The summed E-state index contributed by atoms with van der Waals surface area (Å²) in [6.07, 6.45) is 11.2. The van der Waals surface area contributed by atoms with Gasteiger partial charge in [0.15, 0.2) is 0 Å². The lowest BCUT2D eigenvalue weighted by Crippen LogP contribution is -2.39. The van der Waals surface area contributed by atoms with Crippen LogP contribution in [-0.2, 0) is 13.1 Å². The Morgan fingerprint density at radius 3 is 0.722 bits per heavy atom. The number of nitrogens with zero attached hydrogens (tertiary/aromatic N) is 2. The molecular weight excluding hydrogens is 1850 g/mol. The zero-order chi connectivity index (χ0) is 102. The van der Waals surface area contributed by atoms with Gasteiger partial charge < -0.3 is 48.5 Å². The van der Waals surface area contributed by atoms with Gasteiger partial charge in [0, 0.05) is 95.4 Å². The fourth-order valence-electron chi connectivity index (χ4n) is 18.9. The van der Waals surface area contributed by atoms with E-state index in [4.69, 9.17) is 27.4 Å². The van der Waals surface area contributed by atoms with Crippen molar-refractivity contribution < 1.29 is 69.6 Å². The SMILES string of the molecule is CC[C@H]1C[C@@H](CN)N(Cc2ccccc2)C1.CC[C@H]1C[C@@H](CNC(=O)c2cc(-c3ccc(F)cc3)cc(-c3ccc(F)cc3)c2)N(Cc2ccccc2)C1.CO.CO.Cl.NC[C@@H]1CC[C@H](CNC(=O)c2cc(-c3ccc(F)cc3)cc(-c3ccc(F)cc3)c2)C1.NC[C@@H]1CC[C@H](CNC(=O)c2cc(-c3ccc(F)cc3)cc(-c3ccc(F)cc3)c2)C1.O=C(O)c1cc(-c2ccc(F)cc2)cc(-c2ccc(F)cc2)c1. The number of aliphatic hydroxyl groups excluding tert-OH is 2. The number of amides is 3. The van der Waals surface area contributed by atoms with Crippen LogP contribution in [0.2, 0.25) is 0 Å². The highest BCUT2D eigenvalue weighted by molar-refractivity contribution is 6.00. The van der Waals surface area contributed by atoms with Crippen LogP contribution >= 0.6 is 12.4 Å². The minimum Gasteiger partial charge on any atom is -0.478 e. The first-order valence-corrected chi connectivity index (χ1v) is 48.7. The normalized spacial score (nSPS) is 17.1. The molecule has 8 atom stereocenters. The summed E-state index contributed by atoms with van der Waals surface area (Å²) in [6.45, 7) is 12.7. The molecule has 0 bridgehead atoms. The summed E-state index contributed by atoms with van der Waals surface area (Å²) >= 11 is 0. The van der Waals surface area contributed by atoms with E-state index >= 15 is 0 Å². The van der Waals surface area contributed by atoms with Crippen molar-refractivity contribution in [2.45, 2.75) is 103 Å². The van der Waals surface area contributed by atoms with Crippen LogP contribution in [0, 0.1) is 82.0 Å². The molecule has 4 aliphatic rings. The number of nitrogens with two attached hydrogens (primary N) is 3. The van der Waals surface area contributed by atoms with Crippen LogP contribution in [0.1, 0.15) is 131 Å². The number of carboxylic acid groups (broad SMARTS) is 1. The van der Waals surface area contributed by atoms with E-state index in [2.05, 4.69) is 94.2 Å². The fraction of sp³-hybridized carbons (Fsp3) is 0.267. The topological polar surface area (TPSA) is 250 Å². The molecule has 4 fully saturated rings. The maximum Gasteiger partial charge on any atom is 0.335 e. The minimum absolute atomic E-state index is 0. The molecule has 24 heteroatoms. The molecule has 3 amide bonds. The Balaban J connectivity index is 0.000000173. The molecule has 2 heterocycles. The molecular formula is C120H127ClF8N8O7. The summed E-state index contributed by atoms with van der Waals surface area (Å²) < 4.78 is 107. The van der Waals surface area contributed by atoms with Gasteiger partial charge in [-0.3, -0.25) is 24.2 Å². The molecule has 2 aliphatic carbocycles. The second-order valence-electron chi connectivity index (χ2n) is 36.6. The quantitative estimate of drug-likeness (QED) is 0.0218. The third-order valence-corrected chi connectivity index (χ3v) is 26.9. The van der Waals surface area contributed by atoms with E-state index in [1.54, 1.807) is 103 Å². The first kappa shape index (κ1) is 111. The van der Waals surface area contributed by atoms with Crippen LogP contribution in [0.15, 0.2) is 328 Å². The maximum absolute atomic E-state index is 13.6. The van der Waals surface area contributed by atoms with Crippen molar-refractivity contribution in [1.29, 1.82) is 0 Å². The zero-order valence-corrected chi connectivity index (χ0v) is 82.3. The molecule has 2 saturated carbocycles. The molecule has 14 aromatic rings. The van der Waals surface area contributed by atoms with Crippen LogP contribution in [0.25, 0.3) is 89.0 Å². The Morgan fingerprint density at radius 2 is 0.500 bits per heavy atom. The van der Waals surface area contributed by atoms with Crippen molar-refractivity contribution in [3.05, 3.63) is 408 Å². The van der Waals surface area contributed by atoms with Gasteiger partial charge in [-0.25, -0.2) is 39.9 Å². The van der Waals surface area contributed by atoms with Crippen molar-refractivity contribution in [2.75, 3.05) is 66.6 Å². The van der Waals surface area contributed by atoms with Crippen molar-refractivity contribution in [3.63, 3.8) is 0 Å². The lowest BCUT2D eigenvalue weighted by molar-refractivity contribution is 0.0695. The van der Waals surface area contributed by atoms with Gasteiger partial charge in [0.2, 0.25) is 0 Å². The second kappa shape index (κ2) is 55.9. The van der Waals surface area contributed by atoms with Crippen LogP contribution in [0.4, 0.5) is 35.1 Å². The summed E-state index contributed by atoms with van der Waals surface area (Å²) in [4.78, 5) is 55.8. The van der Waals surface area contributed by atoms with E-state index in [9.17, 15) is 59.4 Å². The van der Waals surface area contributed by atoms with Crippen LogP contribution in [-0.4, -0.2) is 127 Å². The molecule has 0 unspecified atom stereocenters. The number of hydrogen-bond acceptors (Lipinski definition) is 11. The minimum atomic E-state index is -1.06. The first-order chi connectivity index (χ1) is 69.4. The predicted molar refractivity (Wildman–Crippen MR) is 563 cm³/mol. The first-order valence-electron chi connectivity index (χ1n) is 48.7. The third-order valence-electron chi connectivity index (χ3n) is 26.9. The van der Waals surface area contributed by atoms with Gasteiger partial charge in [-0.1, -0.05) is 184 Å². The Kier molecular flexibility index (Phi) is 43.0. The van der Waals surface area contributed by atoms with Gasteiger partial charge in [-0.05, 0) is 370 Å². The average molecular weight is 1980 g/mol. The van der Waals surface area contributed by atoms with E-state index in [0.717, 1.165) is 164 Å². The number of halogens is 9. The number of carbonyl (C=O) groups excluding carboxylic acids is 3. The Hall–Kier alpha value is -13.6. The van der Waals surface area contributed by atoms with Crippen molar-refractivity contribution >= 4 is 36.1 Å². The van der Waals surface area contributed by atoms with E-state index in [-0.39, 0.29) is 88.3 Å². The third kappa shape index (κ3) is 32.5. The molecule has 0 radical (unpaired) electrons. The number of aliphatic hydroxyl groups is 2. The number of rotatable bonds is 27. The number of nitrogens with one attached hydrogen (secondary N) is 3. The fourth-order valence-corrected chi connectivity index (χ4v) is 18.9. The number of benzene rings is 14. The molecule has 2 aliphatic heterocycles. The average Bonchev–Trinajstić information content (AvgIpc) is 1.83. The Bertz CT molecular complexity index is 5960. The summed E-state index contributed by atoms with van der Waals surface area (Å²) in [5.41, 5.74) is 34.1. The molecule has 18 rings (SSSR count). The van der Waals surface area contributed by atoms with E-state index in [0.29, 0.717) is 107 Å². The summed E-state index contributed by atoms with van der Waals surface area (Å²) in [5.74, 6) is -0.659. The van der Waals surface area contributed by atoms with Gasteiger partial charge in [0.1, 0.15) is 46.5 Å². The second-order valence-corrected chi connectivity index (χ2v) is 36.6. The van der Waals surface area contributed by atoms with E-state index < -0.39 is 5.97 Å². The number of aromatic carboxylic acids is 1. The van der Waals surface area contributed by atoms with Crippen molar-refractivity contribution in [2.24, 2.45) is 52.7 Å². The maximum atomic E-state index is 13.6. The molecule has 2 saturated heterocycles. The molecule has 0 aromatic heterocycles. The molecule has 752 valence electrons. The molecule has 15 nitrogen and oxygen atoms in total. The summed E-state index contributed by atoms with van der Waals surface area (Å²) in [6, 6.07) is 92.3. The highest BCUT2D eigenvalue weighted by Crippen LogP contribution is 2.38. The smallest absolute Gasteiger partial charge is 0.335 e. The van der Waals surface area contributed by atoms with Gasteiger partial charge in [-0.2, -0.15) is 0 Å². The number of carboxylic acids is 1. The zero-order valence-electron chi connectivity index (χ0n) is 81.5. The Labute approximate surface area is 845 Å². The molecule has 0 spiro atoms. The summed E-state index contributed by atoms with van der Waals surface area (Å²) in [5, 5.41) is 32.6. The monoisotopic (exact) mass is 1980 g/mol.